The van der Waals surface area contributed by atoms with Gasteiger partial charge in [-0.3, -0.25) is 9.59 Å². The van der Waals surface area contributed by atoms with E-state index in [2.05, 4.69) is 15.5 Å². The molecule has 24 heavy (non-hydrogen) atoms. The van der Waals surface area contributed by atoms with Gasteiger partial charge in [0.1, 0.15) is 0 Å². The Morgan fingerprint density at radius 2 is 1.88 bits per heavy atom. The van der Waals surface area contributed by atoms with Gasteiger partial charge in [-0.2, -0.15) is 0 Å². The minimum atomic E-state index is -0.462. The maximum absolute atomic E-state index is 12.6. The van der Waals surface area contributed by atoms with Crippen LogP contribution >= 0.6 is 0 Å². The molecule has 0 fully saturated rings. The van der Waals surface area contributed by atoms with Gasteiger partial charge < -0.3 is 15.5 Å². The van der Waals surface area contributed by atoms with Gasteiger partial charge in [0.15, 0.2) is 0 Å². The second-order valence-electron chi connectivity index (χ2n) is 6.32. The zero-order valence-corrected chi connectivity index (χ0v) is 13.9. The number of nitrogens with one attached hydrogen (secondary N) is 2. The van der Waals surface area contributed by atoms with Crippen molar-refractivity contribution in [1.29, 1.82) is 0 Å². The molecule has 0 bridgehead atoms. The first-order chi connectivity index (χ1) is 11.5. The molecule has 5 heteroatoms. The van der Waals surface area contributed by atoms with Crippen LogP contribution in [0.4, 0.5) is 11.4 Å². The fourth-order valence-electron chi connectivity index (χ4n) is 2.93. The van der Waals surface area contributed by atoms with Gasteiger partial charge in [0.05, 0.1) is 5.92 Å². The third kappa shape index (κ3) is 3.63. The van der Waals surface area contributed by atoms with Crippen LogP contribution in [0.5, 0.6) is 0 Å². The number of hydrogen-bond acceptors (Lipinski definition) is 3. The lowest BCUT2D eigenvalue weighted by molar-refractivity contribution is -0.123. The number of nitrogens with zero attached hydrogens (tertiary/aromatic N) is 1. The molecule has 3 rings (SSSR count). The molecule has 5 nitrogen and oxygen atoms in total. The molecule has 0 saturated carbocycles. The van der Waals surface area contributed by atoms with E-state index in [0.29, 0.717) is 0 Å². The quantitative estimate of drug-likeness (QED) is 0.909. The molecule has 1 atom stereocenters. The lowest BCUT2D eigenvalue weighted by Gasteiger charge is -2.24. The first kappa shape index (κ1) is 16.2. The minimum Gasteiger partial charge on any atom is -0.326 e. The molecule has 0 aliphatic carbocycles. The molecule has 124 valence electrons. The average Bonchev–Trinajstić information content (AvgIpc) is 2.55. The van der Waals surface area contributed by atoms with Crippen LogP contribution in [0.15, 0.2) is 48.5 Å². The third-order valence-electron chi connectivity index (χ3n) is 4.04. The van der Waals surface area contributed by atoms with Crippen molar-refractivity contribution in [3.05, 3.63) is 59.7 Å². The number of hydrogen-bond donors (Lipinski definition) is 2. The molecule has 0 radical (unpaired) electrons. The van der Waals surface area contributed by atoms with Crippen molar-refractivity contribution in [2.24, 2.45) is 0 Å². The van der Waals surface area contributed by atoms with Gasteiger partial charge in [-0.25, -0.2) is 0 Å². The van der Waals surface area contributed by atoms with Crippen LogP contribution < -0.4 is 10.6 Å². The molecule has 2 aromatic rings. The standard InChI is InChI=1S/C19H21N3O2/c1-22(2)12-13-7-9-14(10-8-13)20-19(24)16-11-18(23)21-17-6-4-3-5-15(16)17/h3-10,16H,11-12H2,1-2H3,(H,20,24)(H,21,23)/t16-/m0/s1. The number of amides is 2. The van der Waals surface area contributed by atoms with E-state index in [0.717, 1.165) is 23.5 Å². The summed E-state index contributed by atoms with van der Waals surface area (Å²) in [5.74, 6) is -0.746. The van der Waals surface area contributed by atoms with E-state index in [4.69, 9.17) is 0 Å². The molecule has 0 spiro atoms. The largest absolute Gasteiger partial charge is 0.326 e. The fourth-order valence-corrected chi connectivity index (χ4v) is 2.93. The van der Waals surface area contributed by atoms with E-state index in [-0.39, 0.29) is 18.2 Å². The molecule has 2 N–H and O–H groups in total. The van der Waals surface area contributed by atoms with Crippen molar-refractivity contribution >= 4 is 23.2 Å². The Balaban J connectivity index is 1.74. The maximum Gasteiger partial charge on any atom is 0.232 e. The van der Waals surface area contributed by atoms with Crippen molar-refractivity contribution in [3.8, 4) is 0 Å². The summed E-state index contributed by atoms with van der Waals surface area (Å²) in [4.78, 5) is 26.6. The topological polar surface area (TPSA) is 61.4 Å². The summed E-state index contributed by atoms with van der Waals surface area (Å²) in [5.41, 5.74) is 3.50. The third-order valence-corrected chi connectivity index (χ3v) is 4.04. The van der Waals surface area contributed by atoms with Crippen LogP contribution in [0, 0.1) is 0 Å². The number of carbonyl (C=O) groups excluding carboxylic acids is 2. The second kappa shape index (κ2) is 6.84. The van der Waals surface area contributed by atoms with Gasteiger partial charge in [0.25, 0.3) is 0 Å². The first-order valence-electron chi connectivity index (χ1n) is 7.96. The smallest absolute Gasteiger partial charge is 0.232 e. The Labute approximate surface area is 141 Å². The van der Waals surface area contributed by atoms with Crippen LogP contribution in [-0.2, 0) is 16.1 Å². The van der Waals surface area contributed by atoms with Gasteiger partial charge in [-0.05, 0) is 43.4 Å². The van der Waals surface area contributed by atoms with Gasteiger partial charge in [0.2, 0.25) is 11.8 Å². The summed E-state index contributed by atoms with van der Waals surface area (Å²) in [6.45, 7) is 0.852. The number of anilines is 2. The van der Waals surface area contributed by atoms with Gasteiger partial charge in [0, 0.05) is 24.3 Å². The van der Waals surface area contributed by atoms with E-state index in [1.165, 1.54) is 5.56 Å². The summed E-state index contributed by atoms with van der Waals surface area (Å²) in [6, 6.07) is 15.2. The number of fused-ring (bicyclic) bond motifs is 1. The van der Waals surface area contributed by atoms with Crippen LogP contribution in [0.2, 0.25) is 0 Å². The van der Waals surface area contributed by atoms with Gasteiger partial charge in [-0.1, -0.05) is 30.3 Å². The maximum atomic E-state index is 12.6. The molecule has 0 aromatic heterocycles. The highest BCUT2D eigenvalue weighted by Gasteiger charge is 2.30. The zero-order valence-electron chi connectivity index (χ0n) is 13.9. The molecule has 1 aliphatic heterocycles. The van der Waals surface area contributed by atoms with E-state index >= 15 is 0 Å². The lowest BCUT2D eigenvalue weighted by atomic mass is 9.90. The van der Waals surface area contributed by atoms with Crippen LogP contribution in [0.3, 0.4) is 0 Å². The van der Waals surface area contributed by atoms with E-state index in [9.17, 15) is 9.59 Å². The lowest BCUT2D eigenvalue weighted by Crippen LogP contribution is -2.30. The highest BCUT2D eigenvalue weighted by Crippen LogP contribution is 2.32. The molecular formula is C19H21N3O2. The summed E-state index contributed by atoms with van der Waals surface area (Å²) >= 11 is 0. The minimum absolute atomic E-state index is 0.129. The molecule has 2 aromatic carbocycles. The SMILES string of the molecule is CN(C)Cc1ccc(NC(=O)[C@H]2CC(=O)Nc3ccccc32)cc1. The Morgan fingerprint density at radius 1 is 1.17 bits per heavy atom. The first-order valence-corrected chi connectivity index (χ1v) is 7.96. The molecule has 1 aliphatic rings. The van der Waals surface area contributed by atoms with Crippen molar-refractivity contribution in [2.45, 2.75) is 18.9 Å². The number of benzene rings is 2. The molecule has 0 unspecified atom stereocenters. The van der Waals surface area contributed by atoms with Gasteiger partial charge in [-0.15, -0.1) is 0 Å². The van der Waals surface area contributed by atoms with Crippen molar-refractivity contribution in [3.63, 3.8) is 0 Å². The van der Waals surface area contributed by atoms with Crippen molar-refractivity contribution < 1.29 is 9.59 Å². The molecule has 1 heterocycles. The predicted molar refractivity (Wildman–Crippen MR) is 94.9 cm³/mol. The summed E-state index contributed by atoms with van der Waals surface area (Å²) in [6.07, 6.45) is 0.168. The number of rotatable bonds is 4. The Hall–Kier alpha value is -2.66. The summed E-state index contributed by atoms with van der Waals surface area (Å²) < 4.78 is 0. The van der Waals surface area contributed by atoms with Crippen LogP contribution in [0.25, 0.3) is 0 Å². The van der Waals surface area contributed by atoms with Crippen LogP contribution in [0.1, 0.15) is 23.5 Å². The Kier molecular flexibility index (Phi) is 4.62. The highest BCUT2D eigenvalue weighted by molar-refractivity contribution is 6.05. The average molecular weight is 323 g/mol. The second-order valence-corrected chi connectivity index (χ2v) is 6.32. The molecule has 0 saturated heterocycles. The number of para-hydroxylation sites is 1. The predicted octanol–water partition coefficient (Wildman–Crippen LogP) is 2.81. The molecule has 2 amide bonds. The van der Waals surface area contributed by atoms with E-state index in [1.54, 1.807) is 0 Å². The van der Waals surface area contributed by atoms with Crippen molar-refractivity contribution in [1.82, 2.24) is 4.90 Å². The summed E-state index contributed by atoms with van der Waals surface area (Å²) in [7, 11) is 4.03. The van der Waals surface area contributed by atoms with Crippen molar-refractivity contribution in [2.75, 3.05) is 24.7 Å². The van der Waals surface area contributed by atoms with E-state index < -0.39 is 5.92 Å². The normalized spacial score (nSPS) is 16.5. The molecular weight excluding hydrogens is 302 g/mol. The Morgan fingerprint density at radius 3 is 2.58 bits per heavy atom. The summed E-state index contributed by atoms with van der Waals surface area (Å²) in [5, 5.41) is 5.73. The van der Waals surface area contributed by atoms with Gasteiger partial charge >= 0.3 is 0 Å². The number of carbonyl (C=O) groups is 2. The Bertz CT molecular complexity index is 753. The monoisotopic (exact) mass is 323 g/mol. The highest BCUT2D eigenvalue weighted by atomic mass is 16.2. The zero-order chi connectivity index (χ0) is 17.1. The van der Waals surface area contributed by atoms with Crippen LogP contribution in [-0.4, -0.2) is 30.8 Å². The van der Waals surface area contributed by atoms with E-state index in [1.807, 2.05) is 62.6 Å². The fraction of sp³-hybridized carbons (Fsp3) is 0.263.